The van der Waals surface area contributed by atoms with Crippen molar-refractivity contribution < 1.29 is 4.52 Å². The van der Waals surface area contributed by atoms with Crippen LogP contribution in [-0.4, -0.2) is 40.2 Å². The number of nitrogens with zero attached hydrogens (tertiary/aromatic N) is 4. The van der Waals surface area contributed by atoms with Gasteiger partial charge in [0.2, 0.25) is 0 Å². The molecule has 0 spiro atoms. The average molecular weight is 393 g/mol. The van der Waals surface area contributed by atoms with Crippen molar-refractivity contribution in [3.05, 3.63) is 66.1 Å². The largest absolute Gasteiger partial charge is 0.357 e. The molecule has 2 atom stereocenters. The Balaban J connectivity index is 1.57. The topological polar surface area (TPSA) is 88.2 Å². The summed E-state index contributed by atoms with van der Waals surface area (Å²) in [5.41, 5.74) is 1.98. The minimum Gasteiger partial charge on any atom is -0.357 e. The second-order valence-electron chi connectivity index (χ2n) is 6.87. The normalized spacial score (nSPS) is 13.7. The van der Waals surface area contributed by atoms with Gasteiger partial charge in [0, 0.05) is 37.7 Å². The van der Waals surface area contributed by atoms with Crippen molar-refractivity contribution in [3.8, 4) is 11.6 Å². The van der Waals surface area contributed by atoms with Gasteiger partial charge >= 0.3 is 0 Å². The number of rotatable bonds is 8. The minimum atomic E-state index is 0.233. The molecule has 0 saturated carbocycles. The Morgan fingerprint density at radius 2 is 1.90 bits per heavy atom. The third-order valence-corrected chi connectivity index (χ3v) is 4.74. The monoisotopic (exact) mass is 392 g/mol. The molecule has 3 rings (SSSR count). The number of hydrogen-bond donors (Lipinski definition) is 2. The quantitative estimate of drug-likeness (QED) is 0.451. The molecule has 0 bridgehead atoms. The van der Waals surface area contributed by atoms with Gasteiger partial charge in [-0.3, -0.25) is 9.98 Å². The van der Waals surface area contributed by atoms with Crippen molar-refractivity contribution >= 4 is 5.96 Å². The van der Waals surface area contributed by atoms with Gasteiger partial charge < -0.3 is 15.2 Å². The number of hydrogen-bond acceptors (Lipinski definition) is 5. The molecule has 2 heterocycles. The summed E-state index contributed by atoms with van der Waals surface area (Å²) in [4.78, 5) is 13.3. The second kappa shape index (κ2) is 10.4. The fourth-order valence-corrected chi connectivity index (χ4v) is 2.92. The number of nitrogens with one attached hydrogen (secondary N) is 2. The van der Waals surface area contributed by atoms with Crippen molar-refractivity contribution in [3.63, 3.8) is 0 Å². The third kappa shape index (κ3) is 5.88. The molecule has 0 amide bonds. The zero-order valence-electron chi connectivity index (χ0n) is 17.2. The lowest BCUT2D eigenvalue weighted by Crippen LogP contribution is -2.44. The molecule has 0 aliphatic carbocycles. The first-order chi connectivity index (χ1) is 14.2. The van der Waals surface area contributed by atoms with E-state index in [0.717, 1.165) is 12.5 Å². The third-order valence-electron chi connectivity index (χ3n) is 4.74. The fraction of sp³-hybridized carbons (Fsp3) is 0.364. The van der Waals surface area contributed by atoms with E-state index in [2.05, 4.69) is 75.8 Å². The molecular weight excluding hydrogens is 364 g/mol. The predicted octanol–water partition coefficient (Wildman–Crippen LogP) is 3.42. The first-order valence-corrected chi connectivity index (χ1v) is 10.0. The summed E-state index contributed by atoms with van der Waals surface area (Å²) in [7, 11) is 0. The molecular formula is C22H28N6O. The molecule has 1 aromatic carbocycles. The van der Waals surface area contributed by atoms with E-state index in [0.29, 0.717) is 36.3 Å². The second-order valence-corrected chi connectivity index (χ2v) is 6.87. The van der Waals surface area contributed by atoms with Gasteiger partial charge in [0.25, 0.3) is 5.89 Å². The van der Waals surface area contributed by atoms with E-state index < -0.39 is 0 Å². The smallest absolute Gasteiger partial charge is 0.276 e. The van der Waals surface area contributed by atoms with E-state index in [1.807, 2.05) is 24.3 Å². The van der Waals surface area contributed by atoms with Crippen LogP contribution < -0.4 is 10.6 Å². The molecule has 7 heteroatoms. The Kier molecular flexibility index (Phi) is 7.33. The van der Waals surface area contributed by atoms with E-state index in [1.54, 1.807) is 6.20 Å². The van der Waals surface area contributed by atoms with Crippen LogP contribution in [0, 0.1) is 0 Å². The molecule has 2 unspecified atom stereocenters. The minimum absolute atomic E-state index is 0.233. The molecule has 2 aromatic heterocycles. The van der Waals surface area contributed by atoms with E-state index in [-0.39, 0.29) is 6.04 Å². The molecule has 2 N–H and O–H groups in total. The maximum atomic E-state index is 5.30. The van der Waals surface area contributed by atoms with Gasteiger partial charge in [-0.25, -0.2) is 0 Å². The van der Waals surface area contributed by atoms with Gasteiger partial charge in [-0.15, -0.1) is 0 Å². The van der Waals surface area contributed by atoms with E-state index in [1.165, 1.54) is 5.56 Å². The van der Waals surface area contributed by atoms with Crippen molar-refractivity contribution in [2.24, 2.45) is 4.99 Å². The molecule has 0 saturated heterocycles. The van der Waals surface area contributed by atoms with Crippen molar-refractivity contribution in [1.29, 1.82) is 0 Å². The summed E-state index contributed by atoms with van der Waals surface area (Å²) >= 11 is 0. The number of benzene rings is 1. The van der Waals surface area contributed by atoms with E-state index in [9.17, 15) is 0 Å². The Morgan fingerprint density at radius 1 is 1.10 bits per heavy atom. The fourth-order valence-electron chi connectivity index (χ4n) is 2.92. The van der Waals surface area contributed by atoms with Crippen LogP contribution in [-0.2, 0) is 6.42 Å². The molecule has 0 aliphatic heterocycles. The Labute approximate surface area is 171 Å². The molecule has 0 aliphatic rings. The Bertz CT molecular complexity index is 894. The summed E-state index contributed by atoms with van der Waals surface area (Å²) in [5.74, 6) is 2.20. The molecule has 152 valence electrons. The zero-order valence-corrected chi connectivity index (χ0v) is 17.2. The SMILES string of the molecule is CCNC(=NCCc1noc(-c2ccccn2)n1)NC(C)C(C)c1ccccc1. The number of aliphatic imine (C=N–C) groups is 1. The summed E-state index contributed by atoms with van der Waals surface area (Å²) in [5, 5.41) is 10.8. The molecule has 0 fully saturated rings. The molecule has 7 nitrogen and oxygen atoms in total. The maximum absolute atomic E-state index is 5.30. The van der Waals surface area contributed by atoms with Crippen molar-refractivity contribution in [2.75, 3.05) is 13.1 Å². The van der Waals surface area contributed by atoms with Crippen molar-refractivity contribution in [1.82, 2.24) is 25.8 Å². The maximum Gasteiger partial charge on any atom is 0.276 e. The number of pyridine rings is 1. The first-order valence-electron chi connectivity index (χ1n) is 10.0. The summed E-state index contributed by atoms with van der Waals surface area (Å²) in [6.07, 6.45) is 2.30. The van der Waals surface area contributed by atoms with Gasteiger partial charge in [-0.2, -0.15) is 4.98 Å². The van der Waals surface area contributed by atoms with E-state index in [4.69, 9.17) is 4.52 Å². The van der Waals surface area contributed by atoms with Crippen LogP contribution in [0.5, 0.6) is 0 Å². The van der Waals surface area contributed by atoms with Gasteiger partial charge in [0.05, 0.1) is 0 Å². The molecule has 0 radical (unpaired) electrons. The van der Waals surface area contributed by atoms with Crippen LogP contribution in [0.15, 0.2) is 64.2 Å². The highest BCUT2D eigenvalue weighted by molar-refractivity contribution is 5.80. The average Bonchev–Trinajstić information content (AvgIpc) is 3.23. The Morgan fingerprint density at radius 3 is 2.62 bits per heavy atom. The van der Waals surface area contributed by atoms with Crippen LogP contribution in [0.4, 0.5) is 0 Å². The standard InChI is InChI=1S/C22H28N6O/c1-4-23-22(26-17(3)16(2)18-10-6-5-7-11-18)25-15-13-20-27-21(29-28-20)19-12-8-9-14-24-19/h5-12,14,16-17H,4,13,15H2,1-3H3,(H2,23,25,26). The van der Waals surface area contributed by atoms with Gasteiger partial charge in [0.1, 0.15) is 5.69 Å². The molecule has 29 heavy (non-hydrogen) atoms. The van der Waals surface area contributed by atoms with Gasteiger partial charge in [-0.05, 0) is 31.5 Å². The number of aromatic nitrogens is 3. The van der Waals surface area contributed by atoms with E-state index >= 15 is 0 Å². The number of guanidine groups is 1. The van der Waals surface area contributed by atoms with Crippen LogP contribution >= 0.6 is 0 Å². The summed E-state index contributed by atoms with van der Waals surface area (Å²) in [6, 6.07) is 16.3. The van der Waals surface area contributed by atoms with Gasteiger partial charge in [-0.1, -0.05) is 48.5 Å². The first kappa shape index (κ1) is 20.5. The highest BCUT2D eigenvalue weighted by atomic mass is 16.5. The van der Waals surface area contributed by atoms with Gasteiger partial charge in [0.15, 0.2) is 11.8 Å². The van der Waals surface area contributed by atoms with Crippen LogP contribution in [0.1, 0.15) is 38.1 Å². The lowest BCUT2D eigenvalue weighted by molar-refractivity contribution is 0.421. The lowest BCUT2D eigenvalue weighted by Gasteiger charge is -2.24. The van der Waals surface area contributed by atoms with Crippen LogP contribution in [0.3, 0.4) is 0 Å². The zero-order chi connectivity index (χ0) is 20.5. The summed E-state index contributed by atoms with van der Waals surface area (Å²) in [6.45, 7) is 7.80. The Hall–Kier alpha value is -3.22. The van der Waals surface area contributed by atoms with Crippen molar-refractivity contribution in [2.45, 2.75) is 39.2 Å². The highest BCUT2D eigenvalue weighted by Crippen LogP contribution is 2.18. The van der Waals surface area contributed by atoms with Crippen LogP contribution in [0.25, 0.3) is 11.6 Å². The summed E-state index contributed by atoms with van der Waals surface area (Å²) < 4.78 is 5.30. The molecule has 3 aromatic rings. The predicted molar refractivity (Wildman–Crippen MR) is 115 cm³/mol. The lowest BCUT2D eigenvalue weighted by atomic mass is 9.94. The highest BCUT2D eigenvalue weighted by Gasteiger charge is 2.15. The van der Waals surface area contributed by atoms with Crippen LogP contribution in [0.2, 0.25) is 0 Å².